The fraction of sp³-hybridized carbons (Fsp3) is 0.400. The molecule has 4 nitrogen and oxygen atoms in total. The summed E-state index contributed by atoms with van der Waals surface area (Å²) in [4.78, 5) is 19.7. The summed E-state index contributed by atoms with van der Waals surface area (Å²) in [6.45, 7) is 4.64. The average molecular weight is 324 g/mol. The third-order valence-electron chi connectivity index (χ3n) is 4.56. The van der Waals surface area contributed by atoms with Gasteiger partial charge in [-0.1, -0.05) is 18.2 Å². The molecule has 2 aromatic rings. The van der Waals surface area contributed by atoms with Gasteiger partial charge in [-0.2, -0.15) is 0 Å². The maximum Gasteiger partial charge on any atom is 0.167 e. The van der Waals surface area contributed by atoms with E-state index < -0.39 is 0 Å². The van der Waals surface area contributed by atoms with Crippen LogP contribution in [0.5, 0.6) is 5.75 Å². The molecule has 24 heavy (non-hydrogen) atoms. The number of Topliss-reactive ketones (excluding diaryl/α,β-unsaturated/α-hetero) is 1. The summed E-state index contributed by atoms with van der Waals surface area (Å²) in [5, 5.41) is 0. The van der Waals surface area contributed by atoms with Gasteiger partial charge in [0.25, 0.3) is 0 Å². The molecule has 3 rings (SSSR count). The van der Waals surface area contributed by atoms with Crippen molar-refractivity contribution < 1.29 is 9.53 Å². The van der Waals surface area contributed by atoms with E-state index in [4.69, 9.17) is 4.74 Å². The molecule has 1 atom stereocenters. The number of piperidine rings is 1. The molecule has 4 heteroatoms. The SMILES string of the molecule is COc1cccc(C(=O)[C@@H]2CCCN(Cc3cccc(C)n3)C2)c1. The number of carbonyl (C=O) groups excluding carboxylic acids is 1. The molecule has 0 unspecified atom stereocenters. The predicted octanol–water partition coefficient (Wildman–Crippen LogP) is 3.49. The summed E-state index contributed by atoms with van der Waals surface area (Å²) in [6.07, 6.45) is 2.00. The van der Waals surface area contributed by atoms with Crippen molar-refractivity contribution in [2.45, 2.75) is 26.3 Å². The number of rotatable bonds is 5. The third kappa shape index (κ3) is 4.01. The van der Waals surface area contributed by atoms with Gasteiger partial charge in [-0.15, -0.1) is 0 Å². The highest BCUT2D eigenvalue weighted by molar-refractivity contribution is 5.98. The van der Waals surface area contributed by atoms with Crippen LogP contribution in [-0.4, -0.2) is 35.9 Å². The summed E-state index contributed by atoms with van der Waals surface area (Å²) >= 11 is 0. The number of aryl methyl sites for hydroxylation is 1. The molecule has 0 amide bonds. The van der Waals surface area contributed by atoms with E-state index >= 15 is 0 Å². The van der Waals surface area contributed by atoms with Gasteiger partial charge >= 0.3 is 0 Å². The van der Waals surface area contributed by atoms with Crippen LogP contribution in [0.15, 0.2) is 42.5 Å². The normalized spacial score (nSPS) is 18.3. The lowest BCUT2D eigenvalue weighted by Gasteiger charge is -2.31. The maximum absolute atomic E-state index is 12.8. The Hall–Kier alpha value is -2.20. The van der Waals surface area contributed by atoms with Crippen molar-refractivity contribution in [2.24, 2.45) is 5.92 Å². The predicted molar refractivity (Wildman–Crippen MR) is 94.3 cm³/mol. The summed E-state index contributed by atoms with van der Waals surface area (Å²) < 4.78 is 5.23. The second-order valence-corrected chi connectivity index (χ2v) is 6.44. The Morgan fingerprint density at radius 3 is 2.92 bits per heavy atom. The van der Waals surface area contributed by atoms with Crippen LogP contribution in [0.3, 0.4) is 0 Å². The highest BCUT2D eigenvalue weighted by atomic mass is 16.5. The quantitative estimate of drug-likeness (QED) is 0.790. The molecule has 0 N–H and O–H groups in total. The highest BCUT2D eigenvalue weighted by Crippen LogP contribution is 2.24. The first-order valence-corrected chi connectivity index (χ1v) is 8.49. The molecule has 0 spiro atoms. The fourth-order valence-electron chi connectivity index (χ4n) is 3.34. The van der Waals surface area contributed by atoms with Crippen molar-refractivity contribution in [1.29, 1.82) is 0 Å². The van der Waals surface area contributed by atoms with Crippen molar-refractivity contribution >= 4 is 5.78 Å². The molecule has 0 bridgehead atoms. The van der Waals surface area contributed by atoms with Crippen LogP contribution in [0.25, 0.3) is 0 Å². The van der Waals surface area contributed by atoms with Crippen LogP contribution < -0.4 is 4.74 Å². The van der Waals surface area contributed by atoms with E-state index in [0.29, 0.717) is 0 Å². The minimum atomic E-state index is 0.0515. The molecule has 1 fully saturated rings. The summed E-state index contributed by atoms with van der Waals surface area (Å²) in [5.74, 6) is 1.00. The Balaban J connectivity index is 1.67. The van der Waals surface area contributed by atoms with Crippen LogP contribution in [-0.2, 0) is 6.54 Å². The monoisotopic (exact) mass is 324 g/mol. The van der Waals surface area contributed by atoms with E-state index in [1.54, 1.807) is 7.11 Å². The first-order chi connectivity index (χ1) is 11.7. The van der Waals surface area contributed by atoms with Crippen LogP contribution in [0.2, 0.25) is 0 Å². The molecule has 1 aromatic heterocycles. The molecule has 1 aromatic carbocycles. The van der Waals surface area contributed by atoms with Gasteiger partial charge in [0, 0.05) is 30.3 Å². The number of hydrogen-bond donors (Lipinski definition) is 0. The van der Waals surface area contributed by atoms with Gasteiger partial charge < -0.3 is 4.74 Å². The topological polar surface area (TPSA) is 42.4 Å². The first-order valence-electron chi connectivity index (χ1n) is 8.49. The van der Waals surface area contributed by atoms with E-state index in [1.165, 1.54) is 0 Å². The summed E-state index contributed by atoms with van der Waals surface area (Å²) in [5.41, 5.74) is 2.85. The van der Waals surface area contributed by atoms with Gasteiger partial charge in [-0.05, 0) is 50.6 Å². The molecular weight excluding hydrogens is 300 g/mol. The average Bonchev–Trinajstić information content (AvgIpc) is 2.61. The van der Waals surface area contributed by atoms with Gasteiger partial charge in [-0.3, -0.25) is 14.7 Å². The molecule has 0 saturated carbocycles. The lowest BCUT2D eigenvalue weighted by Crippen LogP contribution is -2.38. The lowest BCUT2D eigenvalue weighted by molar-refractivity contribution is 0.0809. The molecule has 2 heterocycles. The molecule has 1 aliphatic rings. The first kappa shape index (κ1) is 16.7. The number of carbonyl (C=O) groups is 1. The largest absolute Gasteiger partial charge is 0.497 e. The van der Waals surface area contributed by atoms with E-state index in [0.717, 1.165) is 55.2 Å². The van der Waals surface area contributed by atoms with Gasteiger partial charge in [0.05, 0.1) is 12.8 Å². The number of likely N-dealkylation sites (tertiary alicyclic amines) is 1. The highest BCUT2D eigenvalue weighted by Gasteiger charge is 2.27. The molecular formula is C20H24N2O2. The molecule has 1 saturated heterocycles. The standard InChI is InChI=1S/C20H24N2O2/c1-15-6-3-9-18(21-15)14-22-11-5-8-17(13-22)20(23)16-7-4-10-19(12-16)24-2/h3-4,6-7,9-10,12,17H,5,8,11,13-14H2,1-2H3/t17-/m1/s1. The molecule has 0 radical (unpaired) electrons. The van der Waals surface area contributed by atoms with Gasteiger partial charge in [0.1, 0.15) is 5.75 Å². The second-order valence-electron chi connectivity index (χ2n) is 6.44. The number of aromatic nitrogens is 1. The number of hydrogen-bond acceptors (Lipinski definition) is 4. The zero-order valence-corrected chi connectivity index (χ0v) is 14.4. The zero-order valence-electron chi connectivity index (χ0n) is 14.4. The van der Waals surface area contributed by atoms with E-state index in [1.807, 2.05) is 43.3 Å². The van der Waals surface area contributed by atoms with Gasteiger partial charge in [-0.25, -0.2) is 0 Å². The second kappa shape index (κ2) is 7.58. The Labute approximate surface area is 143 Å². The number of nitrogens with zero attached hydrogens (tertiary/aromatic N) is 2. The van der Waals surface area contributed by atoms with Crippen molar-refractivity contribution in [3.8, 4) is 5.75 Å². The zero-order chi connectivity index (χ0) is 16.9. The van der Waals surface area contributed by atoms with Crippen LogP contribution >= 0.6 is 0 Å². The van der Waals surface area contributed by atoms with Crippen molar-refractivity contribution in [3.63, 3.8) is 0 Å². The number of ketones is 1. The smallest absolute Gasteiger partial charge is 0.167 e. The van der Waals surface area contributed by atoms with Crippen LogP contribution in [0.1, 0.15) is 34.6 Å². The Kier molecular flexibility index (Phi) is 5.26. The molecule has 1 aliphatic heterocycles. The minimum Gasteiger partial charge on any atom is -0.497 e. The number of benzene rings is 1. The number of ether oxygens (including phenoxy) is 1. The summed E-state index contributed by atoms with van der Waals surface area (Å²) in [6, 6.07) is 13.6. The van der Waals surface area contributed by atoms with E-state index in [9.17, 15) is 4.79 Å². The van der Waals surface area contributed by atoms with Crippen LogP contribution in [0.4, 0.5) is 0 Å². The van der Waals surface area contributed by atoms with E-state index in [2.05, 4.69) is 16.0 Å². The number of pyridine rings is 1. The minimum absolute atomic E-state index is 0.0515. The van der Waals surface area contributed by atoms with Gasteiger partial charge in [0.2, 0.25) is 0 Å². The Bertz CT molecular complexity index is 714. The van der Waals surface area contributed by atoms with Gasteiger partial charge in [0.15, 0.2) is 5.78 Å². The lowest BCUT2D eigenvalue weighted by atomic mass is 9.90. The van der Waals surface area contributed by atoms with Crippen LogP contribution in [0, 0.1) is 12.8 Å². The fourth-order valence-corrected chi connectivity index (χ4v) is 3.34. The Morgan fingerprint density at radius 2 is 2.12 bits per heavy atom. The summed E-state index contributed by atoms with van der Waals surface area (Å²) in [7, 11) is 1.63. The number of methoxy groups -OCH3 is 1. The van der Waals surface area contributed by atoms with Crippen molar-refractivity contribution in [1.82, 2.24) is 9.88 Å². The molecule has 126 valence electrons. The maximum atomic E-state index is 12.8. The van der Waals surface area contributed by atoms with E-state index in [-0.39, 0.29) is 11.7 Å². The third-order valence-corrected chi connectivity index (χ3v) is 4.56. The Morgan fingerprint density at radius 1 is 1.29 bits per heavy atom. The van der Waals surface area contributed by atoms with Crippen molar-refractivity contribution in [2.75, 3.05) is 20.2 Å². The van der Waals surface area contributed by atoms with Crippen molar-refractivity contribution in [3.05, 3.63) is 59.4 Å². The molecule has 0 aliphatic carbocycles.